The summed E-state index contributed by atoms with van der Waals surface area (Å²) >= 11 is 1.76. The van der Waals surface area contributed by atoms with Crippen molar-refractivity contribution in [1.29, 1.82) is 0 Å². The Morgan fingerprint density at radius 1 is 1.09 bits per heavy atom. The second kappa shape index (κ2) is 16.6. The summed E-state index contributed by atoms with van der Waals surface area (Å²) in [5.74, 6) is 2.13. The van der Waals surface area contributed by atoms with E-state index in [9.17, 15) is 4.79 Å². The molecule has 1 amide bonds. The first kappa shape index (κ1) is 28.1. The summed E-state index contributed by atoms with van der Waals surface area (Å²) in [5, 5.41) is 6.57. The number of guanidine groups is 1. The molecule has 0 bridgehead atoms. The van der Waals surface area contributed by atoms with E-state index in [2.05, 4.69) is 27.8 Å². The van der Waals surface area contributed by atoms with Crippen molar-refractivity contribution in [3.8, 4) is 5.75 Å². The summed E-state index contributed by atoms with van der Waals surface area (Å²) in [6, 6.07) is 17.9. The van der Waals surface area contributed by atoms with Crippen molar-refractivity contribution in [3.63, 3.8) is 0 Å². The number of carbonyl (C=O) groups excluding carboxylic acids is 1. The second-order valence-corrected chi connectivity index (χ2v) is 8.06. The predicted molar refractivity (Wildman–Crippen MR) is 144 cm³/mol. The molecule has 0 aliphatic heterocycles. The van der Waals surface area contributed by atoms with Crippen LogP contribution in [0.25, 0.3) is 0 Å². The number of likely N-dealkylation sites (N-methyl/N-ethyl adjacent to an activating group) is 1. The molecule has 0 fully saturated rings. The van der Waals surface area contributed by atoms with Crippen LogP contribution in [0.1, 0.15) is 6.42 Å². The maximum atomic E-state index is 12.0. The number of nitrogens with zero attached hydrogens (tertiary/aromatic N) is 2. The lowest BCUT2D eigenvalue weighted by atomic mass is 10.3. The molecule has 0 unspecified atom stereocenters. The summed E-state index contributed by atoms with van der Waals surface area (Å²) in [4.78, 5) is 19.2. The molecule has 0 aromatic heterocycles. The van der Waals surface area contributed by atoms with Crippen molar-refractivity contribution < 1.29 is 14.3 Å². The second-order valence-electron chi connectivity index (χ2n) is 6.89. The van der Waals surface area contributed by atoms with Crippen LogP contribution in [0.2, 0.25) is 0 Å². The monoisotopic (exact) mass is 572 g/mol. The summed E-state index contributed by atoms with van der Waals surface area (Å²) in [5.41, 5.74) is 0.837. The summed E-state index contributed by atoms with van der Waals surface area (Å²) in [6.45, 7) is 2.03. The number of carbonyl (C=O) groups is 1. The highest BCUT2D eigenvalue weighted by molar-refractivity contribution is 14.0. The third-order valence-electron chi connectivity index (χ3n) is 4.14. The quantitative estimate of drug-likeness (QED) is 0.132. The Labute approximate surface area is 212 Å². The topological polar surface area (TPSA) is 75.2 Å². The Morgan fingerprint density at radius 2 is 1.88 bits per heavy atom. The maximum Gasteiger partial charge on any atom is 0.243 e. The number of benzene rings is 2. The van der Waals surface area contributed by atoms with Crippen LogP contribution in [0.4, 0.5) is 5.69 Å². The lowest BCUT2D eigenvalue weighted by Crippen LogP contribution is -2.34. The van der Waals surface area contributed by atoms with E-state index in [1.807, 2.05) is 42.5 Å². The van der Waals surface area contributed by atoms with E-state index in [4.69, 9.17) is 9.47 Å². The van der Waals surface area contributed by atoms with Gasteiger partial charge in [0.15, 0.2) is 5.96 Å². The van der Waals surface area contributed by atoms with Crippen LogP contribution in [-0.2, 0) is 9.53 Å². The number of aliphatic imine (C=N–C) groups is 1. The van der Waals surface area contributed by atoms with Crippen LogP contribution in [0.15, 0.2) is 64.5 Å². The zero-order valence-corrected chi connectivity index (χ0v) is 22.0. The van der Waals surface area contributed by atoms with Gasteiger partial charge in [-0.05, 0) is 24.3 Å². The summed E-state index contributed by atoms with van der Waals surface area (Å²) in [6.07, 6.45) is 0.828. The van der Waals surface area contributed by atoms with Crippen LogP contribution in [0.3, 0.4) is 0 Å². The number of rotatable bonds is 12. The average molecular weight is 573 g/mol. The van der Waals surface area contributed by atoms with Crippen molar-refractivity contribution in [3.05, 3.63) is 54.6 Å². The van der Waals surface area contributed by atoms with Gasteiger partial charge in [0.25, 0.3) is 0 Å². The number of halogens is 1. The Morgan fingerprint density at radius 3 is 2.59 bits per heavy atom. The summed E-state index contributed by atoms with van der Waals surface area (Å²) in [7, 11) is 5.12. The zero-order valence-electron chi connectivity index (χ0n) is 18.9. The molecule has 176 valence electrons. The van der Waals surface area contributed by atoms with E-state index < -0.39 is 0 Å². The van der Waals surface area contributed by atoms with Gasteiger partial charge in [-0.2, -0.15) is 0 Å². The van der Waals surface area contributed by atoms with Crippen molar-refractivity contribution in [2.24, 2.45) is 4.99 Å². The highest BCUT2D eigenvalue weighted by atomic mass is 127. The third-order valence-corrected chi connectivity index (χ3v) is 5.15. The van der Waals surface area contributed by atoms with Gasteiger partial charge in [-0.25, -0.2) is 4.99 Å². The summed E-state index contributed by atoms with van der Waals surface area (Å²) < 4.78 is 10.8. The average Bonchev–Trinajstić information content (AvgIpc) is 2.78. The smallest absolute Gasteiger partial charge is 0.243 e. The van der Waals surface area contributed by atoms with E-state index >= 15 is 0 Å². The minimum Gasteiger partial charge on any atom is -0.493 e. The molecule has 0 aliphatic carbocycles. The molecular weight excluding hydrogens is 539 g/mol. The van der Waals surface area contributed by atoms with Gasteiger partial charge in [-0.1, -0.05) is 24.3 Å². The van der Waals surface area contributed by atoms with Gasteiger partial charge in [0.2, 0.25) is 5.91 Å². The Balaban J connectivity index is 0.00000512. The van der Waals surface area contributed by atoms with Gasteiger partial charge in [-0.15, -0.1) is 35.7 Å². The van der Waals surface area contributed by atoms with Crippen LogP contribution in [0.5, 0.6) is 5.75 Å². The van der Waals surface area contributed by atoms with Gasteiger partial charge >= 0.3 is 0 Å². The number of thioether (sulfide) groups is 1. The number of nitrogens with one attached hydrogen (secondary N) is 2. The van der Waals surface area contributed by atoms with Crippen molar-refractivity contribution in [2.75, 3.05) is 58.6 Å². The fraction of sp³-hybridized carbons (Fsp3) is 0.391. The molecule has 2 rings (SSSR count). The zero-order chi connectivity index (χ0) is 22.3. The van der Waals surface area contributed by atoms with Gasteiger partial charge in [0, 0.05) is 63.2 Å². The number of methoxy groups -OCH3 is 1. The highest BCUT2D eigenvalue weighted by Gasteiger charge is 2.06. The number of anilines is 1. The first-order valence-corrected chi connectivity index (χ1v) is 11.2. The minimum absolute atomic E-state index is 0. The number of amides is 1. The first-order chi connectivity index (χ1) is 15.1. The molecule has 9 heteroatoms. The van der Waals surface area contributed by atoms with Gasteiger partial charge in [-0.3, -0.25) is 4.79 Å². The molecule has 32 heavy (non-hydrogen) atoms. The Hall–Kier alpha value is -1.98. The number of hydrogen-bond acceptors (Lipinski definition) is 5. The fourth-order valence-electron chi connectivity index (χ4n) is 2.48. The molecule has 2 N–H and O–H groups in total. The molecule has 0 atom stereocenters. The number of ether oxygens (including phenoxy) is 2. The molecule has 2 aromatic rings. The van der Waals surface area contributed by atoms with E-state index in [-0.39, 0.29) is 36.4 Å². The van der Waals surface area contributed by atoms with Crippen LogP contribution >= 0.6 is 35.7 Å². The van der Waals surface area contributed by atoms with Gasteiger partial charge in [0.1, 0.15) is 12.3 Å². The molecule has 0 spiro atoms. The van der Waals surface area contributed by atoms with E-state index in [1.165, 1.54) is 9.80 Å². The van der Waals surface area contributed by atoms with Gasteiger partial charge in [0.05, 0.1) is 6.61 Å². The standard InChI is InChI=1S/C23H32N4O3S.HI/c1-27(2)22(28)18-25-23(24-13-16-31-21-11-5-4-6-12-21)26-19-9-7-10-20(17-19)30-15-8-14-29-3;/h4-7,9-12,17H,8,13-16,18H2,1-3H3,(H2,24,25,26);1H. The fourth-order valence-corrected chi connectivity index (χ4v) is 3.27. The first-order valence-electron chi connectivity index (χ1n) is 10.2. The third kappa shape index (κ3) is 11.6. The molecule has 0 saturated carbocycles. The highest BCUT2D eigenvalue weighted by Crippen LogP contribution is 2.18. The Bertz CT molecular complexity index is 822. The normalized spacial score (nSPS) is 10.8. The van der Waals surface area contributed by atoms with Crippen LogP contribution in [0, 0.1) is 0 Å². The Kier molecular flexibility index (Phi) is 14.6. The van der Waals surface area contributed by atoms with Crippen LogP contribution < -0.4 is 15.4 Å². The molecular formula is C23H33IN4O3S. The van der Waals surface area contributed by atoms with Crippen molar-refractivity contribution in [1.82, 2.24) is 10.2 Å². The van der Waals surface area contributed by atoms with Crippen LogP contribution in [-0.4, -0.2) is 70.0 Å². The largest absolute Gasteiger partial charge is 0.493 e. The minimum atomic E-state index is -0.0602. The lowest BCUT2D eigenvalue weighted by molar-refractivity contribution is -0.127. The molecule has 0 radical (unpaired) electrons. The molecule has 2 aromatic carbocycles. The SMILES string of the molecule is COCCCOc1cccc(NC(=NCC(=O)N(C)C)NCCSc2ccccc2)c1.I. The molecule has 0 heterocycles. The number of hydrogen-bond donors (Lipinski definition) is 2. The van der Waals surface area contributed by atoms with E-state index in [0.717, 1.165) is 23.6 Å². The van der Waals surface area contributed by atoms with Gasteiger partial charge < -0.3 is 25.0 Å². The lowest BCUT2D eigenvalue weighted by Gasteiger charge is -2.15. The van der Waals surface area contributed by atoms with Crippen molar-refractivity contribution >= 4 is 53.3 Å². The molecule has 0 aliphatic rings. The van der Waals surface area contributed by atoms with E-state index in [1.54, 1.807) is 33.0 Å². The predicted octanol–water partition coefficient (Wildman–Crippen LogP) is 3.96. The molecule has 7 nitrogen and oxygen atoms in total. The van der Waals surface area contributed by atoms with E-state index in [0.29, 0.717) is 25.7 Å². The maximum absolute atomic E-state index is 12.0. The van der Waals surface area contributed by atoms with Crippen molar-refractivity contribution in [2.45, 2.75) is 11.3 Å². The molecule has 0 saturated heterocycles.